The van der Waals surface area contributed by atoms with Crippen LogP contribution in [0.1, 0.15) is 17.5 Å². The van der Waals surface area contributed by atoms with E-state index in [1.165, 1.54) is 0 Å². The molecule has 3 nitrogen and oxygen atoms in total. The number of carboxylic acids is 1. The fourth-order valence-corrected chi connectivity index (χ4v) is 1.30. The third-order valence-corrected chi connectivity index (χ3v) is 1.99. The lowest BCUT2D eigenvalue weighted by Crippen LogP contribution is -1.91. The van der Waals surface area contributed by atoms with Crippen molar-refractivity contribution in [1.29, 1.82) is 0 Å². The molecule has 0 aromatic heterocycles. The molecule has 1 aromatic carbocycles. The van der Waals surface area contributed by atoms with Crippen molar-refractivity contribution in [2.45, 2.75) is 12.8 Å². The second-order valence-corrected chi connectivity index (χ2v) is 3.08. The Hall–Kier alpha value is -1.90. The SMILES string of the molecule is O=CCCc1ccccc1C=CC(=O)O. The lowest BCUT2D eigenvalue weighted by Gasteiger charge is -2.02. The molecule has 0 heterocycles. The predicted molar refractivity (Wildman–Crippen MR) is 57.5 cm³/mol. The molecule has 0 unspecified atom stereocenters. The highest BCUT2D eigenvalue weighted by Crippen LogP contribution is 2.12. The monoisotopic (exact) mass is 204 g/mol. The first kappa shape index (κ1) is 11.2. The van der Waals surface area contributed by atoms with E-state index in [4.69, 9.17) is 5.11 Å². The van der Waals surface area contributed by atoms with Crippen molar-refractivity contribution in [2.75, 3.05) is 0 Å². The van der Waals surface area contributed by atoms with Crippen LogP contribution < -0.4 is 0 Å². The molecule has 1 aromatic rings. The number of benzene rings is 1. The molecular formula is C12H12O3. The summed E-state index contributed by atoms with van der Waals surface area (Å²) in [7, 11) is 0. The zero-order valence-corrected chi connectivity index (χ0v) is 8.22. The summed E-state index contributed by atoms with van der Waals surface area (Å²) in [6.07, 6.45) is 4.60. The molecular weight excluding hydrogens is 192 g/mol. The van der Waals surface area contributed by atoms with Gasteiger partial charge in [0, 0.05) is 12.5 Å². The van der Waals surface area contributed by atoms with Crippen molar-refractivity contribution in [3.63, 3.8) is 0 Å². The van der Waals surface area contributed by atoms with Crippen molar-refractivity contribution in [1.82, 2.24) is 0 Å². The maximum atomic E-state index is 10.4. The van der Waals surface area contributed by atoms with Gasteiger partial charge >= 0.3 is 5.97 Å². The van der Waals surface area contributed by atoms with E-state index in [1.807, 2.05) is 24.3 Å². The summed E-state index contributed by atoms with van der Waals surface area (Å²) >= 11 is 0. The van der Waals surface area contributed by atoms with E-state index >= 15 is 0 Å². The van der Waals surface area contributed by atoms with E-state index in [0.29, 0.717) is 12.8 Å². The third-order valence-electron chi connectivity index (χ3n) is 1.99. The fourth-order valence-electron chi connectivity index (χ4n) is 1.30. The first-order chi connectivity index (χ1) is 7.24. The van der Waals surface area contributed by atoms with Crippen LogP contribution >= 0.6 is 0 Å². The van der Waals surface area contributed by atoms with Gasteiger partial charge in [-0.25, -0.2) is 4.79 Å². The summed E-state index contributed by atoms with van der Waals surface area (Å²) in [6.45, 7) is 0. The van der Waals surface area contributed by atoms with Gasteiger partial charge in [0.15, 0.2) is 0 Å². The maximum absolute atomic E-state index is 10.4. The quantitative estimate of drug-likeness (QED) is 0.588. The number of carbonyl (C=O) groups excluding carboxylic acids is 1. The minimum Gasteiger partial charge on any atom is -0.478 e. The van der Waals surface area contributed by atoms with Gasteiger partial charge in [0.25, 0.3) is 0 Å². The number of aryl methyl sites for hydroxylation is 1. The third kappa shape index (κ3) is 3.77. The average molecular weight is 204 g/mol. The lowest BCUT2D eigenvalue weighted by atomic mass is 10.0. The Balaban J connectivity index is 2.85. The van der Waals surface area contributed by atoms with E-state index in [2.05, 4.69) is 0 Å². The first-order valence-electron chi connectivity index (χ1n) is 4.66. The zero-order chi connectivity index (χ0) is 11.1. The van der Waals surface area contributed by atoms with Crippen molar-refractivity contribution in [2.24, 2.45) is 0 Å². The van der Waals surface area contributed by atoms with Crippen LogP contribution in [-0.4, -0.2) is 17.4 Å². The highest BCUT2D eigenvalue weighted by atomic mass is 16.4. The largest absolute Gasteiger partial charge is 0.478 e. The number of carboxylic acid groups (broad SMARTS) is 1. The van der Waals surface area contributed by atoms with Crippen LogP contribution in [0.25, 0.3) is 6.08 Å². The summed E-state index contributed by atoms with van der Waals surface area (Å²) in [5.74, 6) is -0.972. The summed E-state index contributed by atoms with van der Waals surface area (Å²) in [5.41, 5.74) is 1.84. The Morgan fingerprint density at radius 2 is 2.07 bits per heavy atom. The topological polar surface area (TPSA) is 54.4 Å². The fraction of sp³-hybridized carbons (Fsp3) is 0.167. The maximum Gasteiger partial charge on any atom is 0.328 e. The molecule has 0 aliphatic carbocycles. The standard InChI is InChI=1S/C12H12O3/c13-9-3-6-10-4-1-2-5-11(10)7-8-12(14)15/h1-2,4-5,7-9H,3,6H2,(H,14,15). The Morgan fingerprint density at radius 3 is 2.73 bits per heavy atom. The van der Waals surface area contributed by atoms with Gasteiger partial charge in [-0.05, 0) is 23.6 Å². The number of hydrogen-bond acceptors (Lipinski definition) is 2. The van der Waals surface area contributed by atoms with E-state index in [0.717, 1.165) is 23.5 Å². The molecule has 1 N–H and O–H groups in total. The number of rotatable bonds is 5. The van der Waals surface area contributed by atoms with Crippen molar-refractivity contribution in [3.8, 4) is 0 Å². The van der Waals surface area contributed by atoms with E-state index in [1.54, 1.807) is 6.08 Å². The van der Waals surface area contributed by atoms with E-state index in [9.17, 15) is 9.59 Å². The number of aliphatic carboxylic acids is 1. The summed E-state index contributed by atoms with van der Waals surface area (Å²) < 4.78 is 0. The predicted octanol–water partition coefficient (Wildman–Crippen LogP) is 1.92. The van der Waals surface area contributed by atoms with Crippen LogP contribution in [0.2, 0.25) is 0 Å². The number of carbonyl (C=O) groups is 2. The Morgan fingerprint density at radius 1 is 1.33 bits per heavy atom. The average Bonchev–Trinajstić information content (AvgIpc) is 2.24. The molecule has 3 heteroatoms. The minimum absolute atomic E-state index is 0.456. The highest BCUT2D eigenvalue weighted by molar-refractivity contribution is 5.85. The van der Waals surface area contributed by atoms with Crippen LogP contribution in [0.15, 0.2) is 30.3 Å². The van der Waals surface area contributed by atoms with Crippen LogP contribution in [-0.2, 0) is 16.0 Å². The van der Waals surface area contributed by atoms with Gasteiger partial charge in [-0.1, -0.05) is 24.3 Å². The second-order valence-electron chi connectivity index (χ2n) is 3.08. The molecule has 0 fully saturated rings. The molecule has 15 heavy (non-hydrogen) atoms. The smallest absolute Gasteiger partial charge is 0.328 e. The minimum atomic E-state index is -0.972. The summed E-state index contributed by atoms with van der Waals surface area (Å²) in [4.78, 5) is 20.6. The van der Waals surface area contributed by atoms with Gasteiger partial charge in [0.2, 0.25) is 0 Å². The second kappa shape index (κ2) is 5.75. The molecule has 0 spiro atoms. The molecule has 0 saturated carbocycles. The van der Waals surface area contributed by atoms with Gasteiger partial charge in [-0.15, -0.1) is 0 Å². The molecule has 0 atom stereocenters. The zero-order valence-electron chi connectivity index (χ0n) is 8.22. The van der Waals surface area contributed by atoms with Gasteiger partial charge in [0.1, 0.15) is 6.29 Å². The van der Waals surface area contributed by atoms with Gasteiger partial charge in [-0.2, -0.15) is 0 Å². The molecule has 0 bridgehead atoms. The van der Waals surface area contributed by atoms with Gasteiger partial charge < -0.3 is 9.90 Å². The van der Waals surface area contributed by atoms with E-state index in [-0.39, 0.29) is 0 Å². The molecule has 1 rings (SSSR count). The number of hydrogen-bond donors (Lipinski definition) is 1. The van der Waals surface area contributed by atoms with Gasteiger partial charge in [-0.3, -0.25) is 0 Å². The molecule has 0 amide bonds. The normalized spacial score (nSPS) is 10.4. The van der Waals surface area contributed by atoms with Gasteiger partial charge in [0.05, 0.1) is 0 Å². The molecule has 0 saturated heterocycles. The van der Waals surface area contributed by atoms with Crippen molar-refractivity contribution in [3.05, 3.63) is 41.5 Å². The van der Waals surface area contributed by atoms with Crippen LogP contribution in [0.5, 0.6) is 0 Å². The van der Waals surface area contributed by atoms with Crippen LogP contribution in [0, 0.1) is 0 Å². The molecule has 0 aliphatic heterocycles. The molecule has 78 valence electrons. The summed E-state index contributed by atoms with van der Waals surface area (Å²) in [6, 6.07) is 7.44. The Kier molecular flexibility index (Phi) is 4.29. The highest BCUT2D eigenvalue weighted by Gasteiger charge is 1.98. The van der Waals surface area contributed by atoms with Crippen LogP contribution in [0.4, 0.5) is 0 Å². The Labute approximate surface area is 88.0 Å². The molecule has 0 aliphatic rings. The lowest BCUT2D eigenvalue weighted by molar-refractivity contribution is -0.131. The number of aldehydes is 1. The van der Waals surface area contributed by atoms with Crippen LogP contribution in [0.3, 0.4) is 0 Å². The Bertz CT molecular complexity index is 380. The van der Waals surface area contributed by atoms with E-state index < -0.39 is 5.97 Å². The summed E-state index contributed by atoms with van der Waals surface area (Å²) in [5, 5.41) is 8.50. The van der Waals surface area contributed by atoms with Crippen molar-refractivity contribution >= 4 is 18.3 Å². The first-order valence-corrected chi connectivity index (χ1v) is 4.66. The van der Waals surface area contributed by atoms with Crippen molar-refractivity contribution < 1.29 is 14.7 Å². The molecule has 0 radical (unpaired) electrons.